The van der Waals surface area contributed by atoms with Crippen LogP contribution >= 0.6 is 12.4 Å². The number of carbonyl (C=O) groups is 1. The molecule has 1 unspecified atom stereocenters. The Kier molecular flexibility index (Phi) is 8.86. The predicted molar refractivity (Wildman–Crippen MR) is 116 cm³/mol. The van der Waals surface area contributed by atoms with Crippen LogP contribution in [0.1, 0.15) is 26.2 Å². The van der Waals surface area contributed by atoms with Crippen LogP contribution in [-0.4, -0.2) is 79.7 Å². The van der Waals surface area contributed by atoms with Crippen molar-refractivity contribution >= 4 is 24.0 Å². The normalized spacial score (nSPS) is 19.9. The second kappa shape index (κ2) is 10.9. The monoisotopic (exact) mass is 410 g/mol. The largest absolute Gasteiger partial charge is 0.506 e. The van der Waals surface area contributed by atoms with Crippen molar-refractivity contribution in [1.29, 1.82) is 0 Å². The maximum atomic E-state index is 13.0. The van der Waals surface area contributed by atoms with Crippen LogP contribution in [0.15, 0.2) is 24.3 Å². The van der Waals surface area contributed by atoms with Crippen LogP contribution < -0.4 is 10.2 Å². The number of benzene rings is 1. The Bertz CT molecular complexity index is 614. The van der Waals surface area contributed by atoms with Crippen molar-refractivity contribution in [3.63, 3.8) is 0 Å². The summed E-state index contributed by atoms with van der Waals surface area (Å²) in [5.41, 5.74) is 0.862. The molecule has 2 aliphatic rings. The number of carbonyl (C=O) groups excluding carboxylic acids is 1. The Labute approximate surface area is 175 Å². The van der Waals surface area contributed by atoms with E-state index in [0.29, 0.717) is 5.75 Å². The number of nitrogens with zero attached hydrogens (tertiary/aromatic N) is 3. The highest BCUT2D eigenvalue weighted by molar-refractivity contribution is 5.85. The van der Waals surface area contributed by atoms with E-state index >= 15 is 0 Å². The zero-order valence-electron chi connectivity index (χ0n) is 17.1. The molecule has 1 aromatic carbocycles. The first kappa shape index (κ1) is 22.8. The van der Waals surface area contributed by atoms with Gasteiger partial charge in [-0.25, -0.2) is 0 Å². The quantitative estimate of drug-likeness (QED) is 0.752. The summed E-state index contributed by atoms with van der Waals surface area (Å²) in [5.74, 6) is 1.35. The second-order valence-corrected chi connectivity index (χ2v) is 7.85. The third-order valence-corrected chi connectivity index (χ3v) is 6.17. The van der Waals surface area contributed by atoms with Crippen molar-refractivity contribution in [3.8, 4) is 5.75 Å². The minimum absolute atomic E-state index is 0. The molecule has 2 N–H and O–H groups in total. The summed E-state index contributed by atoms with van der Waals surface area (Å²) >= 11 is 0. The smallest absolute Gasteiger partial charge is 0.239 e. The first-order valence-electron chi connectivity index (χ1n) is 10.3. The number of anilines is 1. The zero-order chi connectivity index (χ0) is 19.2. The lowest BCUT2D eigenvalue weighted by Crippen LogP contribution is -2.55. The molecule has 2 heterocycles. The molecule has 1 aromatic rings. The van der Waals surface area contributed by atoms with Crippen molar-refractivity contribution in [2.45, 2.75) is 32.2 Å². The molecular weight excluding hydrogens is 376 g/mol. The lowest BCUT2D eigenvalue weighted by molar-refractivity contribution is -0.137. The molecule has 7 heteroatoms. The molecule has 0 aliphatic carbocycles. The van der Waals surface area contributed by atoms with Crippen LogP contribution in [0.5, 0.6) is 5.75 Å². The molecule has 3 rings (SSSR count). The van der Waals surface area contributed by atoms with Crippen LogP contribution in [0.2, 0.25) is 0 Å². The second-order valence-electron chi connectivity index (χ2n) is 7.85. The highest BCUT2D eigenvalue weighted by Gasteiger charge is 2.31. The summed E-state index contributed by atoms with van der Waals surface area (Å²) in [7, 11) is 2.01. The zero-order valence-corrected chi connectivity index (χ0v) is 18.0. The summed E-state index contributed by atoms with van der Waals surface area (Å²) in [6.07, 6.45) is 3.63. The van der Waals surface area contributed by atoms with Crippen molar-refractivity contribution in [2.24, 2.45) is 5.92 Å². The number of hydrogen-bond acceptors (Lipinski definition) is 5. The topological polar surface area (TPSA) is 59.1 Å². The van der Waals surface area contributed by atoms with E-state index in [1.54, 1.807) is 6.07 Å². The van der Waals surface area contributed by atoms with Crippen LogP contribution in [0.25, 0.3) is 0 Å². The number of hydrogen-bond donors (Lipinski definition) is 2. The summed E-state index contributed by atoms with van der Waals surface area (Å²) in [6.45, 7) is 8.17. The first-order valence-corrected chi connectivity index (χ1v) is 10.3. The molecule has 0 radical (unpaired) electrons. The number of nitrogens with one attached hydrogen (secondary N) is 1. The number of halogens is 1. The van der Waals surface area contributed by atoms with E-state index < -0.39 is 0 Å². The van der Waals surface area contributed by atoms with Gasteiger partial charge in [-0.05, 0) is 70.9 Å². The number of piperazine rings is 1. The Balaban J connectivity index is 0.00000280. The number of likely N-dealkylation sites (tertiary alicyclic amines) is 1. The van der Waals surface area contributed by atoms with E-state index in [1.807, 2.05) is 30.1 Å². The Morgan fingerprint density at radius 3 is 2.39 bits per heavy atom. The van der Waals surface area contributed by atoms with E-state index in [4.69, 9.17) is 0 Å². The van der Waals surface area contributed by atoms with Crippen LogP contribution in [0, 0.1) is 5.92 Å². The number of aromatic hydroxyl groups is 1. The van der Waals surface area contributed by atoms with Crippen LogP contribution in [0.3, 0.4) is 0 Å². The molecule has 0 saturated carbocycles. The first-order chi connectivity index (χ1) is 13.1. The van der Waals surface area contributed by atoms with Gasteiger partial charge >= 0.3 is 0 Å². The molecule has 0 aromatic heterocycles. The van der Waals surface area contributed by atoms with Gasteiger partial charge in [0.15, 0.2) is 0 Å². The molecule has 2 saturated heterocycles. The standard InChI is InChI=1S/C21H34N4O2.ClH/c1-17(23-11-8-18(9-12-23)7-10-22-2)21(27)25-15-13-24(14-16-25)19-5-3-4-6-20(19)26;/h3-6,17-18,22,26H,7-16H2,1-2H3;1H. The lowest BCUT2D eigenvalue weighted by atomic mass is 9.92. The van der Waals surface area contributed by atoms with Gasteiger partial charge in [-0.1, -0.05) is 12.1 Å². The van der Waals surface area contributed by atoms with E-state index in [-0.39, 0.29) is 24.4 Å². The predicted octanol–water partition coefficient (Wildman–Crippen LogP) is 2.17. The minimum Gasteiger partial charge on any atom is -0.506 e. The number of phenolic OH excluding ortho intramolecular Hbond substituents is 1. The fourth-order valence-corrected chi connectivity index (χ4v) is 4.30. The Morgan fingerprint density at radius 2 is 1.79 bits per heavy atom. The average Bonchev–Trinajstić information content (AvgIpc) is 2.72. The van der Waals surface area contributed by atoms with Gasteiger partial charge in [-0.2, -0.15) is 0 Å². The SMILES string of the molecule is CNCCC1CCN(C(C)C(=O)N2CCN(c3ccccc3O)CC2)CC1.Cl. The van der Waals surface area contributed by atoms with Crippen molar-refractivity contribution < 1.29 is 9.90 Å². The van der Waals surface area contributed by atoms with Gasteiger partial charge in [0, 0.05) is 26.2 Å². The molecular formula is C21H35ClN4O2. The van der Waals surface area contributed by atoms with Gasteiger partial charge in [0.25, 0.3) is 0 Å². The fourth-order valence-electron chi connectivity index (χ4n) is 4.30. The summed E-state index contributed by atoms with van der Waals surface area (Å²) in [5, 5.41) is 13.3. The van der Waals surface area contributed by atoms with E-state index in [1.165, 1.54) is 19.3 Å². The van der Waals surface area contributed by atoms with Gasteiger partial charge in [0.05, 0.1) is 11.7 Å². The van der Waals surface area contributed by atoms with Gasteiger partial charge in [0.2, 0.25) is 5.91 Å². The van der Waals surface area contributed by atoms with Gasteiger partial charge in [-0.3, -0.25) is 9.69 Å². The van der Waals surface area contributed by atoms with Crippen molar-refractivity contribution in [3.05, 3.63) is 24.3 Å². The summed E-state index contributed by atoms with van der Waals surface area (Å²) < 4.78 is 0. The maximum Gasteiger partial charge on any atom is 0.239 e. The van der Waals surface area contributed by atoms with Crippen LogP contribution in [-0.2, 0) is 4.79 Å². The number of para-hydroxylation sites is 2. The Hall–Kier alpha value is -1.50. The van der Waals surface area contributed by atoms with Gasteiger partial charge in [0.1, 0.15) is 5.75 Å². The van der Waals surface area contributed by atoms with Crippen molar-refractivity contribution in [2.75, 3.05) is 57.8 Å². The molecule has 0 bridgehead atoms. The highest BCUT2D eigenvalue weighted by atomic mass is 35.5. The highest BCUT2D eigenvalue weighted by Crippen LogP contribution is 2.27. The fraction of sp³-hybridized carbons (Fsp3) is 0.667. The van der Waals surface area contributed by atoms with E-state index in [0.717, 1.165) is 57.4 Å². The summed E-state index contributed by atoms with van der Waals surface area (Å²) in [4.78, 5) is 19.5. The molecule has 1 amide bonds. The molecule has 158 valence electrons. The van der Waals surface area contributed by atoms with E-state index in [9.17, 15) is 9.90 Å². The summed E-state index contributed by atoms with van der Waals surface area (Å²) in [6, 6.07) is 7.40. The molecule has 28 heavy (non-hydrogen) atoms. The molecule has 2 fully saturated rings. The maximum absolute atomic E-state index is 13.0. The lowest BCUT2D eigenvalue weighted by Gasteiger charge is -2.40. The van der Waals surface area contributed by atoms with E-state index in [2.05, 4.69) is 22.0 Å². The van der Waals surface area contributed by atoms with Gasteiger partial charge in [-0.15, -0.1) is 12.4 Å². The number of amides is 1. The molecule has 2 aliphatic heterocycles. The Morgan fingerprint density at radius 1 is 1.14 bits per heavy atom. The third-order valence-electron chi connectivity index (χ3n) is 6.17. The number of phenols is 1. The van der Waals surface area contributed by atoms with Crippen molar-refractivity contribution in [1.82, 2.24) is 15.1 Å². The third kappa shape index (κ3) is 5.52. The minimum atomic E-state index is -0.0353. The van der Waals surface area contributed by atoms with Crippen LogP contribution in [0.4, 0.5) is 5.69 Å². The molecule has 1 atom stereocenters. The number of rotatable bonds is 6. The molecule has 0 spiro atoms. The van der Waals surface area contributed by atoms with Gasteiger partial charge < -0.3 is 20.2 Å². The number of piperidine rings is 1. The molecule has 6 nitrogen and oxygen atoms in total. The average molecular weight is 411 g/mol.